The van der Waals surface area contributed by atoms with Crippen molar-refractivity contribution in [3.63, 3.8) is 0 Å². The first-order valence-corrected chi connectivity index (χ1v) is 9.78. The lowest BCUT2D eigenvalue weighted by Gasteiger charge is -2.37. The van der Waals surface area contributed by atoms with E-state index in [-0.39, 0.29) is 0 Å². The van der Waals surface area contributed by atoms with Crippen LogP contribution in [0.1, 0.15) is 48.6 Å². The van der Waals surface area contributed by atoms with Gasteiger partial charge in [-0.3, -0.25) is 4.90 Å². The third kappa shape index (κ3) is 2.53. The highest BCUT2D eigenvalue weighted by Gasteiger charge is 2.32. The molecule has 2 aliphatic heterocycles. The molecule has 3 aromatic rings. The molecule has 1 aromatic heterocycles. The van der Waals surface area contributed by atoms with Gasteiger partial charge in [0.1, 0.15) is 11.3 Å². The average Bonchev–Trinajstić information content (AvgIpc) is 3.33. The van der Waals surface area contributed by atoms with E-state index in [2.05, 4.69) is 66.2 Å². The van der Waals surface area contributed by atoms with Crippen LogP contribution in [-0.2, 0) is 0 Å². The normalized spacial score (nSPS) is 23.5. The summed E-state index contributed by atoms with van der Waals surface area (Å²) in [5, 5.41) is 1.19. The number of rotatable bonds is 2. The number of benzene rings is 2. The monoisotopic (exact) mass is 346 g/mol. The fraction of sp³-hybridized carbons (Fsp3) is 0.391. The molecule has 3 nitrogen and oxygen atoms in total. The molecule has 1 saturated heterocycles. The maximum atomic E-state index is 6.24. The molecule has 0 spiro atoms. The summed E-state index contributed by atoms with van der Waals surface area (Å²) in [4.78, 5) is 4.98. The molecule has 2 aromatic carbocycles. The van der Waals surface area contributed by atoms with Crippen molar-refractivity contribution >= 4 is 16.7 Å². The zero-order chi connectivity index (χ0) is 17.7. The third-order valence-corrected chi connectivity index (χ3v) is 6.29. The molecule has 2 aliphatic rings. The summed E-state index contributed by atoms with van der Waals surface area (Å²) in [5.41, 5.74) is 5.25. The lowest BCUT2D eigenvalue weighted by Crippen LogP contribution is -2.34. The van der Waals surface area contributed by atoms with Gasteiger partial charge in [0, 0.05) is 36.7 Å². The summed E-state index contributed by atoms with van der Waals surface area (Å²) in [7, 11) is 2.23. The van der Waals surface area contributed by atoms with Gasteiger partial charge in [0.05, 0.1) is 5.92 Å². The lowest BCUT2D eigenvalue weighted by molar-refractivity contribution is 0.226. The van der Waals surface area contributed by atoms with E-state index >= 15 is 0 Å². The van der Waals surface area contributed by atoms with Crippen LogP contribution < -0.4 is 4.90 Å². The van der Waals surface area contributed by atoms with E-state index in [9.17, 15) is 0 Å². The Morgan fingerprint density at radius 2 is 1.77 bits per heavy atom. The molecule has 0 amide bonds. The van der Waals surface area contributed by atoms with Crippen LogP contribution in [0.5, 0.6) is 0 Å². The van der Waals surface area contributed by atoms with E-state index in [1.807, 2.05) is 6.07 Å². The molecular formula is C23H26N2O. The summed E-state index contributed by atoms with van der Waals surface area (Å²) in [5.74, 6) is 1.38. The quantitative estimate of drug-likeness (QED) is 0.638. The Kier molecular flexibility index (Phi) is 3.79. The number of hydrogen-bond donors (Lipinski definition) is 0. The first kappa shape index (κ1) is 16.0. The molecular weight excluding hydrogens is 320 g/mol. The molecule has 3 heterocycles. The van der Waals surface area contributed by atoms with Gasteiger partial charge in [0.25, 0.3) is 0 Å². The van der Waals surface area contributed by atoms with E-state index < -0.39 is 0 Å². The van der Waals surface area contributed by atoms with Crippen molar-refractivity contribution in [2.75, 3.05) is 31.6 Å². The number of likely N-dealkylation sites (N-methyl/N-ethyl adjacent to an activating group) is 1. The highest BCUT2D eigenvalue weighted by atomic mass is 16.3. The summed E-state index contributed by atoms with van der Waals surface area (Å²) >= 11 is 0. The Morgan fingerprint density at radius 3 is 2.58 bits per heavy atom. The topological polar surface area (TPSA) is 19.6 Å². The van der Waals surface area contributed by atoms with Crippen LogP contribution in [0.2, 0.25) is 0 Å². The zero-order valence-electron chi connectivity index (χ0n) is 15.6. The van der Waals surface area contributed by atoms with E-state index in [0.29, 0.717) is 12.0 Å². The van der Waals surface area contributed by atoms with E-state index in [0.717, 1.165) is 17.9 Å². The Balaban J connectivity index is 1.59. The van der Waals surface area contributed by atoms with Crippen LogP contribution >= 0.6 is 0 Å². The van der Waals surface area contributed by atoms with Gasteiger partial charge in [-0.2, -0.15) is 0 Å². The van der Waals surface area contributed by atoms with Crippen LogP contribution in [0.3, 0.4) is 0 Å². The first-order chi connectivity index (χ1) is 12.7. The van der Waals surface area contributed by atoms with Crippen molar-refractivity contribution in [2.24, 2.45) is 0 Å². The summed E-state index contributed by atoms with van der Waals surface area (Å²) < 4.78 is 6.24. The van der Waals surface area contributed by atoms with Gasteiger partial charge in [-0.1, -0.05) is 24.3 Å². The Hall–Kier alpha value is -2.26. The maximum absolute atomic E-state index is 6.24. The van der Waals surface area contributed by atoms with Gasteiger partial charge >= 0.3 is 0 Å². The molecule has 3 heteroatoms. The van der Waals surface area contributed by atoms with Crippen LogP contribution in [0.4, 0.5) is 5.69 Å². The largest absolute Gasteiger partial charge is 0.460 e. The number of hydrogen-bond acceptors (Lipinski definition) is 3. The minimum atomic E-state index is 0.297. The molecule has 1 fully saturated rings. The molecule has 0 saturated carbocycles. The second kappa shape index (κ2) is 6.17. The molecule has 2 atom stereocenters. The standard InChI is InChI=1S/C23H26N2O/c1-16-20-14-18(25-11-5-6-12-25)9-10-19(20)21(15-24(16)2)23-13-17-7-3-4-8-22(17)26-23/h3-4,7-10,13-14,16,21H,5-6,11-12,15H2,1-2H3. The van der Waals surface area contributed by atoms with Crippen LogP contribution in [-0.4, -0.2) is 31.6 Å². The second-order valence-corrected chi connectivity index (χ2v) is 7.86. The van der Waals surface area contributed by atoms with Gasteiger partial charge in [0.15, 0.2) is 0 Å². The summed E-state index contributed by atoms with van der Waals surface area (Å²) in [6, 6.07) is 18.1. The highest BCUT2D eigenvalue weighted by molar-refractivity contribution is 5.78. The average molecular weight is 346 g/mol. The van der Waals surface area contributed by atoms with Gasteiger partial charge in [-0.25, -0.2) is 0 Å². The summed E-state index contributed by atoms with van der Waals surface area (Å²) in [6.45, 7) is 5.70. The predicted octanol–water partition coefficient (Wildman–Crippen LogP) is 5.17. The Labute approximate surface area is 155 Å². The molecule has 5 rings (SSSR count). The van der Waals surface area contributed by atoms with Crippen molar-refractivity contribution in [3.05, 3.63) is 65.4 Å². The molecule has 0 aliphatic carbocycles. The van der Waals surface area contributed by atoms with Crippen molar-refractivity contribution < 1.29 is 4.42 Å². The molecule has 26 heavy (non-hydrogen) atoms. The number of furan rings is 1. The van der Waals surface area contributed by atoms with Crippen LogP contribution in [0.15, 0.2) is 52.9 Å². The number of nitrogens with zero attached hydrogens (tertiary/aromatic N) is 2. The van der Waals surface area contributed by atoms with Gasteiger partial charge in [0.2, 0.25) is 0 Å². The van der Waals surface area contributed by atoms with Crippen molar-refractivity contribution in [2.45, 2.75) is 31.7 Å². The smallest absolute Gasteiger partial charge is 0.134 e. The molecule has 134 valence electrons. The molecule has 2 unspecified atom stereocenters. The fourth-order valence-corrected chi connectivity index (χ4v) is 4.61. The van der Waals surface area contributed by atoms with Gasteiger partial charge in [-0.05, 0) is 62.2 Å². The maximum Gasteiger partial charge on any atom is 0.134 e. The van der Waals surface area contributed by atoms with Crippen molar-refractivity contribution in [1.82, 2.24) is 4.90 Å². The third-order valence-electron chi connectivity index (χ3n) is 6.29. The number of fused-ring (bicyclic) bond motifs is 2. The zero-order valence-corrected chi connectivity index (χ0v) is 15.6. The van der Waals surface area contributed by atoms with Gasteiger partial charge in [-0.15, -0.1) is 0 Å². The molecule has 0 bridgehead atoms. The van der Waals surface area contributed by atoms with E-state index in [4.69, 9.17) is 4.42 Å². The summed E-state index contributed by atoms with van der Waals surface area (Å²) in [6.07, 6.45) is 2.63. The van der Waals surface area contributed by atoms with Gasteiger partial charge < -0.3 is 9.32 Å². The first-order valence-electron chi connectivity index (χ1n) is 9.78. The van der Waals surface area contributed by atoms with Crippen LogP contribution in [0, 0.1) is 0 Å². The Morgan fingerprint density at radius 1 is 0.962 bits per heavy atom. The molecule has 0 N–H and O–H groups in total. The molecule has 0 radical (unpaired) electrons. The fourth-order valence-electron chi connectivity index (χ4n) is 4.61. The van der Waals surface area contributed by atoms with Crippen molar-refractivity contribution in [1.29, 1.82) is 0 Å². The number of anilines is 1. The van der Waals surface area contributed by atoms with E-state index in [1.54, 1.807) is 0 Å². The van der Waals surface area contributed by atoms with E-state index in [1.165, 1.54) is 48.1 Å². The van der Waals surface area contributed by atoms with Crippen LogP contribution in [0.25, 0.3) is 11.0 Å². The highest BCUT2D eigenvalue weighted by Crippen LogP contribution is 2.41. The lowest BCUT2D eigenvalue weighted by atomic mass is 9.84. The predicted molar refractivity (Wildman–Crippen MR) is 107 cm³/mol. The second-order valence-electron chi connectivity index (χ2n) is 7.86. The minimum absolute atomic E-state index is 0.297. The minimum Gasteiger partial charge on any atom is -0.460 e. The van der Waals surface area contributed by atoms with Crippen molar-refractivity contribution in [3.8, 4) is 0 Å². The number of para-hydroxylation sites is 1. The Bertz CT molecular complexity index is 905. The SMILES string of the molecule is CC1c2cc(N3CCCC3)ccc2C(c2cc3ccccc3o2)CN1C.